The average molecular weight is 358 g/mol. The SMILES string of the molecule is CN(C(=O)CN1C(=O)COc2cc(C(C)(C)C)ccc21)C1CCCCC1. The van der Waals surface area contributed by atoms with Crippen LogP contribution in [-0.4, -0.2) is 43.0 Å². The van der Waals surface area contributed by atoms with E-state index in [9.17, 15) is 9.59 Å². The molecule has 0 bridgehead atoms. The Balaban J connectivity index is 1.78. The van der Waals surface area contributed by atoms with Gasteiger partial charge < -0.3 is 9.64 Å². The number of amides is 2. The molecule has 142 valence electrons. The van der Waals surface area contributed by atoms with Crippen molar-refractivity contribution in [2.24, 2.45) is 0 Å². The van der Waals surface area contributed by atoms with E-state index in [0.29, 0.717) is 17.5 Å². The molecule has 0 radical (unpaired) electrons. The number of hydrogen-bond acceptors (Lipinski definition) is 3. The molecule has 0 unspecified atom stereocenters. The maximum atomic E-state index is 12.8. The molecule has 26 heavy (non-hydrogen) atoms. The normalized spacial score (nSPS) is 18.3. The average Bonchev–Trinajstić information content (AvgIpc) is 2.63. The van der Waals surface area contributed by atoms with E-state index in [1.54, 1.807) is 4.90 Å². The molecule has 1 aliphatic heterocycles. The van der Waals surface area contributed by atoms with Crippen molar-refractivity contribution in [2.75, 3.05) is 25.1 Å². The Hall–Kier alpha value is -2.04. The summed E-state index contributed by atoms with van der Waals surface area (Å²) in [5, 5.41) is 0. The molecule has 0 aromatic heterocycles. The Bertz CT molecular complexity index is 687. The number of rotatable bonds is 3. The van der Waals surface area contributed by atoms with Crippen molar-refractivity contribution >= 4 is 17.5 Å². The second-order valence-electron chi connectivity index (χ2n) is 8.50. The number of benzene rings is 1. The number of nitrogens with zero attached hydrogens (tertiary/aromatic N) is 2. The molecule has 0 N–H and O–H groups in total. The van der Waals surface area contributed by atoms with Crippen LogP contribution < -0.4 is 9.64 Å². The highest BCUT2D eigenvalue weighted by Crippen LogP contribution is 2.36. The van der Waals surface area contributed by atoms with Gasteiger partial charge in [-0.15, -0.1) is 0 Å². The number of fused-ring (bicyclic) bond motifs is 1. The van der Waals surface area contributed by atoms with Gasteiger partial charge in [0.25, 0.3) is 5.91 Å². The van der Waals surface area contributed by atoms with Crippen LogP contribution in [0.2, 0.25) is 0 Å². The third kappa shape index (κ3) is 3.87. The lowest BCUT2D eigenvalue weighted by Gasteiger charge is -2.35. The summed E-state index contributed by atoms with van der Waals surface area (Å²) in [7, 11) is 1.87. The van der Waals surface area contributed by atoms with Gasteiger partial charge in [0.05, 0.1) is 5.69 Å². The van der Waals surface area contributed by atoms with Gasteiger partial charge in [0.15, 0.2) is 6.61 Å². The summed E-state index contributed by atoms with van der Waals surface area (Å²) < 4.78 is 5.64. The molecule has 1 aromatic carbocycles. The Morgan fingerprint density at radius 2 is 1.92 bits per heavy atom. The molecule has 0 atom stereocenters. The zero-order valence-electron chi connectivity index (χ0n) is 16.4. The van der Waals surface area contributed by atoms with Crippen LogP contribution in [0.25, 0.3) is 0 Å². The maximum absolute atomic E-state index is 12.8. The van der Waals surface area contributed by atoms with Gasteiger partial charge in [0.2, 0.25) is 5.91 Å². The van der Waals surface area contributed by atoms with E-state index in [1.807, 2.05) is 30.1 Å². The van der Waals surface area contributed by atoms with Gasteiger partial charge >= 0.3 is 0 Å². The summed E-state index contributed by atoms with van der Waals surface area (Å²) >= 11 is 0. The topological polar surface area (TPSA) is 49.9 Å². The zero-order valence-corrected chi connectivity index (χ0v) is 16.4. The first-order valence-electron chi connectivity index (χ1n) is 9.61. The first kappa shape index (κ1) is 18.7. The van der Waals surface area contributed by atoms with Crippen molar-refractivity contribution in [1.29, 1.82) is 0 Å². The van der Waals surface area contributed by atoms with Gasteiger partial charge in [-0.25, -0.2) is 0 Å². The number of ether oxygens (including phenoxy) is 1. The fourth-order valence-corrected chi connectivity index (χ4v) is 3.76. The lowest BCUT2D eigenvalue weighted by molar-refractivity contribution is -0.133. The summed E-state index contributed by atoms with van der Waals surface area (Å²) in [6, 6.07) is 6.21. The van der Waals surface area contributed by atoms with Crippen LogP contribution >= 0.6 is 0 Å². The molecule has 2 amide bonds. The quantitative estimate of drug-likeness (QED) is 0.831. The van der Waals surface area contributed by atoms with Crippen LogP contribution in [-0.2, 0) is 15.0 Å². The third-order valence-electron chi connectivity index (χ3n) is 5.58. The number of anilines is 1. The molecule has 0 spiro atoms. The highest BCUT2D eigenvalue weighted by molar-refractivity contribution is 6.02. The molecule has 1 saturated carbocycles. The van der Waals surface area contributed by atoms with Crippen LogP contribution in [0.1, 0.15) is 58.4 Å². The van der Waals surface area contributed by atoms with Crippen molar-refractivity contribution in [3.63, 3.8) is 0 Å². The smallest absolute Gasteiger partial charge is 0.265 e. The molecular weight excluding hydrogens is 328 g/mol. The van der Waals surface area contributed by atoms with Crippen molar-refractivity contribution in [3.8, 4) is 5.75 Å². The number of carbonyl (C=O) groups is 2. The lowest BCUT2D eigenvalue weighted by atomic mass is 9.86. The van der Waals surface area contributed by atoms with Crippen molar-refractivity contribution < 1.29 is 14.3 Å². The number of carbonyl (C=O) groups excluding carboxylic acids is 2. The van der Waals surface area contributed by atoms with Crippen molar-refractivity contribution in [2.45, 2.75) is 64.3 Å². The van der Waals surface area contributed by atoms with Crippen LogP contribution in [0.3, 0.4) is 0 Å². The Kier molecular flexibility index (Phi) is 5.26. The highest BCUT2D eigenvalue weighted by atomic mass is 16.5. The summed E-state index contributed by atoms with van der Waals surface area (Å²) in [4.78, 5) is 28.6. The molecule has 1 aromatic rings. The third-order valence-corrected chi connectivity index (χ3v) is 5.58. The molecule has 5 nitrogen and oxygen atoms in total. The Morgan fingerprint density at radius 3 is 2.58 bits per heavy atom. The summed E-state index contributed by atoms with van der Waals surface area (Å²) in [6.07, 6.45) is 5.73. The van der Waals surface area contributed by atoms with E-state index < -0.39 is 0 Å². The van der Waals surface area contributed by atoms with E-state index in [-0.39, 0.29) is 30.4 Å². The minimum Gasteiger partial charge on any atom is -0.482 e. The molecule has 1 heterocycles. The fourth-order valence-electron chi connectivity index (χ4n) is 3.76. The predicted octanol–water partition coefficient (Wildman–Crippen LogP) is 3.50. The molecule has 2 aliphatic rings. The van der Waals surface area contributed by atoms with Gasteiger partial charge in [-0.05, 0) is 36.0 Å². The monoisotopic (exact) mass is 358 g/mol. The Morgan fingerprint density at radius 1 is 1.23 bits per heavy atom. The van der Waals surface area contributed by atoms with E-state index in [4.69, 9.17) is 4.74 Å². The minimum atomic E-state index is -0.161. The molecule has 3 rings (SSSR count). The minimum absolute atomic E-state index is 0.00168. The second-order valence-corrected chi connectivity index (χ2v) is 8.50. The first-order chi connectivity index (χ1) is 12.3. The standard InChI is InChI=1S/C21H30N2O3/c1-21(2,3)15-10-11-17-18(12-15)26-14-20(25)23(17)13-19(24)22(4)16-8-6-5-7-9-16/h10-12,16H,5-9,13-14H2,1-4H3. The summed E-state index contributed by atoms with van der Waals surface area (Å²) in [6.45, 7) is 6.49. The van der Waals surface area contributed by atoms with Crippen molar-refractivity contribution in [1.82, 2.24) is 4.90 Å². The van der Waals surface area contributed by atoms with Gasteiger partial charge in [0, 0.05) is 13.1 Å². The predicted molar refractivity (Wildman–Crippen MR) is 103 cm³/mol. The second kappa shape index (κ2) is 7.29. The fraction of sp³-hybridized carbons (Fsp3) is 0.619. The van der Waals surface area contributed by atoms with Crippen LogP contribution in [0, 0.1) is 0 Å². The zero-order chi connectivity index (χ0) is 18.9. The van der Waals surface area contributed by atoms with Gasteiger partial charge in [-0.1, -0.05) is 46.1 Å². The van der Waals surface area contributed by atoms with E-state index in [0.717, 1.165) is 18.4 Å². The van der Waals surface area contributed by atoms with Crippen molar-refractivity contribution in [3.05, 3.63) is 23.8 Å². The molecular formula is C21H30N2O3. The number of likely N-dealkylation sites (N-methyl/N-ethyl adjacent to an activating group) is 1. The number of hydrogen-bond donors (Lipinski definition) is 0. The van der Waals surface area contributed by atoms with E-state index >= 15 is 0 Å². The summed E-state index contributed by atoms with van der Waals surface area (Å²) in [5.74, 6) is 0.523. The molecule has 0 saturated heterocycles. The van der Waals surface area contributed by atoms with Gasteiger partial charge in [-0.3, -0.25) is 14.5 Å². The molecule has 5 heteroatoms. The molecule has 1 fully saturated rings. The van der Waals surface area contributed by atoms with Gasteiger partial charge in [-0.2, -0.15) is 0 Å². The lowest BCUT2D eigenvalue weighted by Crippen LogP contribution is -2.48. The molecule has 1 aliphatic carbocycles. The highest BCUT2D eigenvalue weighted by Gasteiger charge is 2.31. The summed E-state index contributed by atoms with van der Waals surface area (Å²) in [5.41, 5.74) is 1.85. The van der Waals surface area contributed by atoms with Crippen LogP contribution in [0.15, 0.2) is 18.2 Å². The van der Waals surface area contributed by atoms with E-state index in [1.165, 1.54) is 19.3 Å². The first-order valence-corrected chi connectivity index (χ1v) is 9.61. The van der Waals surface area contributed by atoms with Crippen LogP contribution in [0.5, 0.6) is 5.75 Å². The van der Waals surface area contributed by atoms with E-state index in [2.05, 4.69) is 20.8 Å². The largest absolute Gasteiger partial charge is 0.482 e. The van der Waals surface area contributed by atoms with Crippen LogP contribution in [0.4, 0.5) is 5.69 Å². The van der Waals surface area contributed by atoms with Gasteiger partial charge in [0.1, 0.15) is 12.3 Å². The Labute approximate surface area is 156 Å². The maximum Gasteiger partial charge on any atom is 0.265 e.